The Kier molecular flexibility index (Phi) is 12.6. The molecule has 5 fully saturated rings. The van der Waals surface area contributed by atoms with Crippen molar-refractivity contribution < 1.29 is 81.7 Å². The molecule has 4 heterocycles. The van der Waals surface area contributed by atoms with Gasteiger partial charge in [0.1, 0.15) is 67.1 Å². The minimum absolute atomic E-state index is 0.0375. The molecule has 0 aromatic heterocycles. The SMILES string of the molecule is NC[C@@H]1O[C@H](O[C@H]2[C@@H](O)[C@H](O[C@@H]3[C@@H](O)[C@H](N)C[C@H](N)[C@H]3O[C@H]3O[C@@H]4CO[C@@H](c5ccc(C(F)(F)F)cc5)O[C@H]4[C@H](O)[C@H]3N)O[C@@H]2CO)[C@H](N)[C@@H](O)[C@@H]1O. The van der Waals surface area contributed by atoms with Crippen molar-refractivity contribution in [1.29, 1.82) is 0 Å². The number of aliphatic hydroxyl groups is 6. The van der Waals surface area contributed by atoms with E-state index in [0.29, 0.717) is 0 Å². The fourth-order valence-corrected chi connectivity index (χ4v) is 7.21. The molecule has 19 nitrogen and oxygen atoms in total. The largest absolute Gasteiger partial charge is 0.416 e. The molecule has 4 aliphatic heterocycles. The first-order valence-corrected chi connectivity index (χ1v) is 17.1. The molecule has 1 aromatic carbocycles. The van der Waals surface area contributed by atoms with Gasteiger partial charge >= 0.3 is 6.18 Å². The van der Waals surface area contributed by atoms with Crippen LogP contribution in [-0.2, 0) is 44.1 Å². The zero-order valence-electron chi connectivity index (χ0n) is 28.2. The quantitative estimate of drug-likeness (QED) is 0.112. The van der Waals surface area contributed by atoms with Gasteiger partial charge in [-0.3, -0.25) is 0 Å². The molecule has 1 aromatic rings. The molecule has 0 unspecified atom stereocenters. The van der Waals surface area contributed by atoms with Crippen molar-refractivity contribution in [3.05, 3.63) is 35.4 Å². The van der Waals surface area contributed by atoms with Crippen molar-refractivity contribution in [2.45, 2.75) is 135 Å². The average Bonchev–Trinajstić information content (AvgIpc) is 3.43. The maximum atomic E-state index is 13.0. The number of halogens is 3. The number of aliphatic hydroxyl groups excluding tert-OH is 6. The number of rotatable bonds is 9. The molecule has 1 saturated carbocycles. The van der Waals surface area contributed by atoms with E-state index < -0.39 is 141 Å². The van der Waals surface area contributed by atoms with Crippen LogP contribution in [0.2, 0.25) is 0 Å². The molecule has 0 radical (unpaired) electrons. The van der Waals surface area contributed by atoms with E-state index in [-0.39, 0.29) is 25.1 Å². The molecule has 16 N–H and O–H groups in total. The van der Waals surface area contributed by atoms with Gasteiger partial charge in [-0.1, -0.05) is 12.1 Å². The predicted octanol–water partition coefficient (Wildman–Crippen LogP) is -5.08. The van der Waals surface area contributed by atoms with Crippen molar-refractivity contribution in [3.63, 3.8) is 0 Å². The highest BCUT2D eigenvalue weighted by Crippen LogP contribution is 2.38. The number of ether oxygens (including phenoxy) is 8. The smallest absolute Gasteiger partial charge is 0.394 e. The Balaban J connectivity index is 1.12. The first kappa shape index (κ1) is 40.9. The van der Waals surface area contributed by atoms with Gasteiger partial charge in [-0.15, -0.1) is 0 Å². The van der Waals surface area contributed by atoms with Gasteiger partial charge in [0, 0.05) is 24.2 Å². The van der Waals surface area contributed by atoms with Crippen LogP contribution in [0, 0.1) is 0 Å². The Morgan fingerprint density at radius 3 is 1.92 bits per heavy atom. The van der Waals surface area contributed by atoms with E-state index in [1.807, 2.05) is 0 Å². The van der Waals surface area contributed by atoms with Crippen molar-refractivity contribution in [2.24, 2.45) is 28.7 Å². The summed E-state index contributed by atoms with van der Waals surface area (Å²) >= 11 is 0. The lowest BCUT2D eigenvalue weighted by atomic mass is 9.84. The van der Waals surface area contributed by atoms with Crippen molar-refractivity contribution in [1.82, 2.24) is 0 Å². The summed E-state index contributed by atoms with van der Waals surface area (Å²) in [5.41, 5.74) is 30.0. The van der Waals surface area contributed by atoms with Crippen LogP contribution in [0.3, 0.4) is 0 Å². The van der Waals surface area contributed by atoms with Crippen LogP contribution >= 0.6 is 0 Å². The monoisotopic (exact) mass is 771 g/mol. The topological polar surface area (TPSA) is 325 Å². The third kappa shape index (κ3) is 8.23. The van der Waals surface area contributed by atoms with Gasteiger partial charge in [-0.2, -0.15) is 13.2 Å². The van der Waals surface area contributed by atoms with E-state index in [1.165, 1.54) is 12.1 Å². The Labute approximate surface area is 300 Å². The zero-order valence-corrected chi connectivity index (χ0v) is 28.2. The van der Waals surface area contributed by atoms with Crippen LogP contribution in [0.15, 0.2) is 24.3 Å². The second-order valence-corrected chi connectivity index (χ2v) is 13.9. The van der Waals surface area contributed by atoms with Gasteiger partial charge in [0.2, 0.25) is 0 Å². The summed E-state index contributed by atoms with van der Waals surface area (Å²) in [4.78, 5) is 0. The Hall–Kier alpha value is -1.75. The molecular weight excluding hydrogens is 723 g/mol. The normalized spacial score (nSPS) is 48.0. The second kappa shape index (κ2) is 16.4. The maximum Gasteiger partial charge on any atom is 0.416 e. The molecule has 0 bridgehead atoms. The van der Waals surface area contributed by atoms with Crippen LogP contribution in [0.5, 0.6) is 0 Å². The van der Waals surface area contributed by atoms with Gasteiger partial charge in [0.25, 0.3) is 0 Å². The standard InChI is InChI=1S/C31H48F3N5O14/c32-31(33,34)10-3-1-9(2-4-10)27-46-8-15-25(51-27)21(44)17(39)29(49-15)50-23-12(37)5-11(36)18(41)26(23)53-30-22(45)24(14(7-40)48-30)52-28-16(38)20(43)19(42)13(6-35)47-28/h1-4,11-30,40-45H,5-8,35-39H2/t11-,12+,13+,14-,15-,16-,17-,18+,19-,20-,21-,22-,23-,24-,25-,26-,27-,28-,29-,30+/m1/s1. The number of alkyl halides is 3. The number of fused-ring (bicyclic) bond motifs is 1. The summed E-state index contributed by atoms with van der Waals surface area (Å²) in [5.74, 6) is 0. The fourth-order valence-electron chi connectivity index (χ4n) is 7.21. The van der Waals surface area contributed by atoms with Crippen LogP contribution in [0.4, 0.5) is 13.2 Å². The number of hydrogen-bond acceptors (Lipinski definition) is 19. The van der Waals surface area contributed by atoms with E-state index >= 15 is 0 Å². The van der Waals surface area contributed by atoms with Crippen molar-refractivity contribution in [3.8, 4) is 0 Å². The molecule has 0 spiro atoms. The van der Waals surface area contributed by atoms with E-state index in [9.17, 15) is 43.8 Å². The lowest BCUT2D eigenvalue weighted by Crippen LogP contribution is -2.69. The van der Waals surface area contributed by atoms with Crippen molar-refractivity contribution in [2.75, 3.05) is 19.8 Å². The summed E-state index contributed by atoms with van der Waals surface area (Å²) in [6.07, 6.45) is -25.7. The molecule has 53 heavy (non-hydrogen) atoms. The van der Waals surface area contributed by atoms with Crippen molar-refractivity contribution >= 4 is 0 Å². The highest BCUT2D eigenvalue weighted by Gasteiger charge is 2.55. The molecule has 302 valence electrons. The summed E-state index contributed by atoms with van der Waals surface area (Å²) in [7, 11) is 0. The molecule has 4 saturated heterocycles. The minimum atomic E-state index is -4.54. The van der Waals surface area contributed by atoms with Crippen LogP contribution in [0.1, 0.15) is 23.8 Å². The average molecular weight is 772 g/mol. The van der Waals surface area contributed by atoms with Crippen LogP contribution < -0.4 is 28.7 Å². The van der Waals surface area contributed by atoms with E-state index in [4.69, 9.17) is 66.6 Å². The molecule has 5 aliphatic rings. The van der Waals surface area contributed by atoms with Gasteiger partial charge in [0.05, 0.1) is 37.0 Å². The third-order valence-corrected chi connectivity index (χ3v) is 10.3. The van der Waals surface area contributed by atoms with Gasteiger partial charge in [0.15, 0.2) is 25.2 Å². The molecule has 1 aliphatic carbocycles. The zero-order chi connectivity index (χ0) is 38.5. The lowest BCUT2D eigenvalue weighted by Gasteiger charge is -2.49. The molecule has 0 amide bonds. The Morgan fingerprint density at radius 1 is 0.679 bits per heavy atom. The number of nitrogens with two attached hydrogens (primary N) is 5. The highest BCUT2D eigenvalue weighted by atomic mass is 19.4. The summed E-state index contributed by atoms with van der Waals surface area (Å²) in [5, 5.41) is 64.2. The first-order chi connectivity index (χ1) is 25.0. The van der Waals surface area contributed by atoms with Gasteiger partial charge in [-0.25, -0.2) is 0 Å². The van der Waals surface area contributed by atoms with Crippen LogP contribution in [-0.4, -0.2) is 167 Å². The minimum Gasteiger partial charge on any atom is -0.394 e. The van der Waals surface area contributed by atoms with E-state index in [2.05, 4.69) is 0 Å². The number of hydrogen-bond donors (Lipinski definition) is 11. The Morgan fingerprint density at radius 2 is 1.28 bits per heavy atom. The van der Waals surface area contributed by atoms with E-state index in [1.54, 1.807) is 0 Å². The third-order valence-electron chi connectivity index (χ3n) is 10.3. The first-order valence-electron chi connectivity index (χ1n) is 17.1. The fraction of sp³-hybridized carbons (Fsp3) is 0.806. The summed E-state index contributed by atoms with van der Waals surface area (Å²) in [6.45, 7) is -1.05. The second-order valence-electron chi connectivity index (χ2n) is 13.9. The summed E-state index contributed by atoms with van der Waals surface area (Å²) in [6, 6.07) is -0.244. The Bertz CT molecular complexity index is 1360. The molecule has 20 atom stereocenters. The highest BCUT2D eigenvalue weighted by molar-refractivity contribution is 5.25. The van der Waals surface area contributed by atoms with E-state index in [0.717, 1.165) is 12.1 Å². The lowest BCUT2D eigenvalue weighted by molar-refractivity contribution is -0.356. The van der Waals surface area contributed by atoms with Gasteiger partial charge in [-0.05, 0) is 18.6 Å². The van der Waals surface area contributed by atoms with Crippen LogP contribution in [0.25, 0.3) is 0 Å². The van der Waals surface area contributed by atoms with Gasteiger partial charge < -0.3 is 97.2 Å². The number of benzene rings is 1. The predicted molar refractivity (Wildman–Crippen MR) is 168 cm³/mol. The summed E-state index contributed by atoms with van der Waals surface area (Å²) < 4.78 is 86.1. The molecular formula is C31H48F3N5O14. The molecule has 6 rings (SSSR count). The maximum absolute atomic E-state index is 13.0. The molecule has 22 heteroatoms.